The van der Waals surface area contributed by atoms with Gasteiger partial charge >= 0.3 is 0 Å². The second-order valence-electron chi connectivity index (χ2n) is 3.48. The van der Waals surface area contributed by atoms with Gasteiger partial charge in [0.2, 0.25) is 0 Å². The zero-order chi connectivity index (χ0) is 10.6. The zero-order valence-corrected chi connectivity index (χ0v) is 10.5. The summed E-state index contributed by atoms with van der Waals surface area (Å²) in [6, 6.07) is 8.32. The van der Waals surface area contributed by atoms with Crippen LogP contribution in [0.3, 0.4) is 0 Å². The highest BCUT2D eigenvalue weighted by Gasteiger charge is 2.07. The summed E-state index contributed by atoms with van der Waals surface area (Å²) >= 11 is 3.37. The first-order valence-electron chi connectivity index (χ1n) is 4.94. The number of hydrogen-bond acceptors (Lipinski definition) is 1. The largest absolute Gasteiger partial charge is 0.246 e. The van der Waals surface area contributed by atoms with Crippen molar-refractivity contribution in [2.75, 3.05) is 0 Å². The Kier molecular flexibility index (Phi) is 4.33. The molecule has 1 unspecified atom stereocenters. The van der Waals surface area contributed by atoms with Crippen LogP contribution in [0, 0.1) is 0 Å². The molecule has 0 aliphatic rings. The lowest BCUT2D eigenvalue weighted by Gasteiger charge is -2.11. The molecule has 76 valence electrons. The molecule has 1 atom stereocenters. The molecule has 1 aromatic rings. The Labute approximate surface area is 94.4 Å². The molecule has 0 aliphatic carbocycles. The molecule has 1 nitrogen and oxygen atoms in total. The van der Waals surface area contributed by atoms with E-state index in [0.717, 1.165) is 16.7 Å². The Bertz CT molecular complexity index is 327. The van der Waals surface area contributed by atoms with E-state index in [1.807, 2.05) is 13.0 Å². The summed E-state index contributed by atoms with van der Waals surface area (Å²) in [5, 5.41) is 0. The first-order valence-corrected chi connectivity index (χ1v) is 5.74. The Morgan fingerprint density at radius 1 is 1.43 bits per heavy atom. The van der Waals surface area contributed by atoms with Crippen LogP contribution in [0.4, 0.5) is 5.69 Å². The summed E-state index contributed by atoms with van der Waals surface area (Å²) in [5.41, 5.74) is 2.41. The molecule has 2 heteroatoms. The minimum atomic E-state index is 0.571. The molecule has 0 saturated carbocycles. The van der Waals surface area contributed by atoms with Crippen LogP contribution in [-0.2, 0) is 0 Å². The maximum atomic E-state index is 4.46. The lowest BCUT2D eigenvalue weighted by molar-refractivity contribution is 0.734. The number of rotatable bonds is 3. The van der Waals surface area contributed by atoms with Crippen molar-refractivity contribution in [1.82, 2.24) is 0 Å². The third kappa shape index (κ3) is 2.95. The van der Waals surface area contributed by atoms with Crippen LogP contribution in [0.2, 0.25) is 0 Å². The quantitative estimate of drug-likeness (QED) is 0.696. The second-order valence-corrected chi connectivity index (χ2v) is 4.62. The van der Waals surface area contributed by atoms with Crippen LogP contribution in [-0.4, -0.2) is 4.62 Å². The Hall–Kier alpha value is -0.630. The molecule has 14 heavy (non-hydrogen) atoms. The highest BCUT2D eigenvalue weighted by Crippen LogP contribution is 2.29. The van der Waals surface area contributed by atoms with Crippen LogP contribution in [0.1, 0.15) is 38.7 Å². The van der Waals surface area contributed by atoms with E-state index in [2.05, 4.69) is 53.0 Å². The summed E-state index contributed by atoms with van der Waals surface area (Å²) in [7, 11) is 0. The van der Waals surface area contributed by atoms with Gasteiger partial charge in [0.05, 0.1) is 10.3 Å². The van der Waals surface area contributed by atoms with E-state index in [4.69, 9.17) is 0 Å². The molecule has 0 fully saturated rings. The Balaban J connectivity index is 3.09. The highest BCUT2D eigenvalue weighted by molar-refractivity contribution is 9.18. The molecule has 0 radical (unpaired) electrons. The minimum absolute atomic E-state index is 0.571. The number of halogens is 1. The molecule has 0 aromatic heterocycles. The molecule has 0 saturated heterocycles. The molecule has 0 N–H and O–H groups in total. The molecule has 0 bridgehead atoms. The van der Waals surface area contributed by atoms with Gasteiger partial charge in [-0.2, -0.15) is 0 Å². The summed E-state index contributed by atoms with van der Waals surface area (Å²) < 4.78 is 0.924. The molecule has 0 amide bonds. The van der Waals surface area contributed by atoms with Crippen LogP contribution in [0.25, 0.3) is 0 Å². The fraction of sp³-hybridized carbons (Fsp3) is 0.417. The number of nitrogens with zero attached hydrogens (tertiary/aromatic N) is 1. The molecule has 0 aliphatic heterocycles. The van der Waals surface area contributed by atoms with Crippen molar-refractivity contribution < 1.29 is 0 Å². The van der Waals surface area contributed by atoms with E-state index in [-0.39, 0.29) is 0 Å². The molecule has 1 aromatic carbocycles. The zero-order valence-electron chi connectivity index (χ0n) is 8.92. The van der Waals surface area contributed by atoms with Gasteiger partial charge in [-0.05, 0) is 46.8 Å². The van der Waals surface area contributed by atoms with Gasteiger partial charge in [-0.3, -0.25) is 0 Å². The monoisotopic (exact) mass is 253 g/mol. The Morgan fingerprint density at radius 3 is 2.64 bits per heavy atom. The normalized spacial score (nSPS) is 14.1. The molecule has 1 rings (SSSR count). The van der Waals surface area contributed by atoms with Crippen molar-refractivity contribution >= 4 is 26.2 Å². The number of hydrogen-bond donors (Lipinski definition) is 0. The van der Waals surface area contributed by atoms with Crippen molar-refractivity contribution in [2.45, 2.75) is 33.1 Å². The number of para-hydroxylation sites is 1. The van der Waals surface area contributed by atoms with Gasteiger partial charge in [-0.25, -0.2) is 4.99 Å². The van der Waals surface area contributed by atoms with Crippen molar-refractivity contribution in [3.05, 3.63) is 29.8 Å². The second kappa shape index (κ2) is 5.30. The standard InChI is InChI=1S/C12H16BrN/c1-4-9(2)11-7-5-6-8-12(11)14-10(3)13/h5-9H,4H2,1-3H3/b14-10+. The van der Waals surface area contributed by atoms with E-state index in [1.54, 1.807) is 0 Å². The predicted octanol–water partition coefficient (Wildman–Crippen LogP) is 4.64. The topological polar surface area (TPSA) is 12.4 Å². The minimum Gasteiger partial charge on any atom is -0.246 e. The van der Waals surface area contributed by atoms with Crippen molar-refractivity contribution in [3.8, 4) is 0 Å². The fourth-order valence-electron chi connectivity index (χ4n) is 1.39. The highest BCUT2D eigenvalue weighted by atomic mass is 79.9. The van der Waals surface area contributed by atoms with Crippen LogP contribution in [0.5, 0.6) is 0 Å². The lowest BCUT2D eigenvalue weighted by Crippen LogP contribution is -1.91. The first kappa shape index (κ1) is 11.4. The van der Waals surface area contributed by atoms with Crippen molar-refractivity contribution in [2.24, 2.45) is 4.99 Å². The van der Waals surface area contributed by atoms with Gasteiger partial charge < -0.3 is 0 Å². The predicted molar refractivity (Wildman–Crippen MR) is 66.8 cm³/mol. The van der Waals surface area contributed by atoms with Gasteiger partial charge in [-0.15, -0.1) is 0 Å². The van der Waals surface area contributed by atoms with Crippen molar-refractivity contribution in [1.29, 1.82) is 0 Å². The molecule has 0 heterocycles. The third-order valence-electron chi connectivity index (χ3n) is 2.35. The average Bonchev–Trinajstić information content (AvgIpc) is 2.16. The van der Waals surface area contributed by atoms with Crippen LogP contribution >= 0.6 is 15.9 Å². The lowest BCUT2D eigenvalue weighted by atomic mass is 9.97. The van der Waals surface area contributed by atoms with Gasteiger partial charge in [-0.1, -0.05) is 32.0 Å². The van der Waals surface area contributed by atoms with Gasteiger partial charge in [0, 0.05) is 0 Å². The van der Waals surface area contributed by atoms with Crippen molar-refractivity contribution in [3.63, 3.8) is 0 Å². The summed E-state index contributed by atoms with van der Waals surface area (Å²) in [6.45, 7) is 6.39. The molecular weight excluding hydrogens is 238 g/mol. The van der Waals surface area contributed by atoms with Crippen LogP contribution in [0.15, 0.2) is 29.3 Å². The fourth-order valence-corrected chi connectivity index (χ4v) is 1.58. The van der Waals surface area contributed by atoms with E-state index in [0.29, 0.717) is 5.92 Å². The van der Waals surface area contributed by atoms with E-state index >= 15 is 0 Å². The summed E-state index contributed by atoms with van der Waals surface area (Å²) in [6.07, 6.45) is 1.15. The van der Waals surface area contributed by atoms with E-state index in [9.17, 15) is 0 Å². The maximum Gasteiger partial charge on any atom is 0.0805 e. The molecular formula is C12H16BrN. The van der Waals surface area contributed by atoms with Gasteiger partial charge in [0.15, 0.2) is 0 Å². The first-order chi connectivity index (χ1) is 6.65. The summed E-state index contributed by atoms with van der Waals surface area (Å²) in [5.74, 6) is 0.571. The van der Waals surface area contributed by atoms with E-state index < -0.39 is 0 Å². The SMILES string of the molecule is CCC(C)c1ccccc1/N=C(\C)Br. The maximum absolute atomic E-state index is 4.46. The summed E-state index contributed by atoms with van der Waals surface area (Å²) in [4.78, 5) is 4.46. The van der Waals surface area contributed by atoms with Gasteiger partial charge in [0.25, 0.3) is 0 Å². The Morgan fingerprint density at radius 2 is 2.07 bits per heavy atom. The number of benzene rings is 1. The average molecular weight is 254 g/mol. The van der Waals surface area contributed by atoms with Gasteiger partial charge in [0.1, 0.15) is 0 Å². The molecule has 0 spiro atoms. The van der Waals surface area contributed by atoms with Crippen LogP contribution < -0.4 is 0 Å². The third-order valence-corrected chi connectivity index (χ3v) is 2.53. The smallest absolute Gasteiger partial charge is 0.0805 e. The number of aliphatic imine (C=N–C) groups is 1. The van der Waals surface area contributed by atoms with E-state index in [1.165, 1.54) is 5.56 Å².